The molecule has 5 heteroatoms. The second-order valence-electron chi connectivity index (χ2n) is 5.36. The van der Waals surface area contributed by atoms with E-state index in [1.165, 1.54) is 6.07 Å². The average Bonchev–Trinajstić information content (AvgIpc) is 2.89. The zero-order valence-corrected chi connectivity index (χ0v) is 11.8. The minimum Gasteiger partial charge on any atom is -0.374 e. The highest BCUT2D eigenvalue weighted by molar-refractivity contribution is 5.21. The summed E-state index contributed by atoms with van der Waals surface area (Å²) in [4.78, 5) is 0. The monoisotopic (exact) mass is 284 g/mol. The van der Waals surface area contributed by atoms with Crippen LogP contribution in [-0.4, -0.2) is 18.2 Å². The number of nitrogens with one attached hydrogen (secondary N) is 1. The van der Waals surface area contributed by atoms with Crippen LogP contribution in [0.25, 0.3) is 0 Å². The van der Waals surface area contributed by atoms with Gasteiger partial charge in [-0.25, -0.2) is 8.78 Å². The molecule has 3 nitrogen and oxygen atoms in total. The third kappa shape index (κ3) is 3.16. The Morgan fingerprint density at radius 1 is 1.35 bits per heavy atom. The standard InChI is InChI=1S/C15H22F2N2O/c1-2-20-15(7-3-4-8-15)14(19-18)10-11-9-12(16)5-6-13(11)17/h5-6,9,14,19H,2-4,7-8,10,18H2,1H3. The Hall–Kier alpha value is -1.04. The largest absolute Gasteiger partial charge is 0.374 e. The second kappa shape index (κ2) is 6.61. The SMILES string of the molecule is CCOC1(C(Cc2cc(F)ccc2F)NN)CCCC1. The van der Waals surface area contributed by atoms with Gasteiger partial charge in [-0.15, -0.1) is 0 Å². The van der Waals surface area contributed by atoms with Crippen molar-refractivity contribution >= 4 is 0 Å². The van der Waals surface area contributed by atoms with Crippen molar-refractivity contribution in [1.82, 2.24) is 5.43 Å². The minimum atomic E-state index is -0.436. The van der Waals surface area contributed by atoms with Crippen LogP contribution in [0, 0.1) is 11.6 Å². The molecule has 1 unspecified atom stereocenters. The van der Waals surface area contributed by atoms with Crippen LogP contribution in [0.1, 0.15) is 38.2 Å². The van der Waals surface area contributed by atoms with Gasteiger partial charge in [-0.3, -0.25) is 11.3 Å². The lowest BCUT2D eigenvalue weighted by Crippen LogP contribution is -2.54. The number of hydrazine groups is 1. The van der Waals surface area contributed by atoms with Crippen molar-refractivity contribution in [3.8, 4) is 0 Å². The van der Waals surface area contributed by atoms with E-state index in [1.807, 2.05) is 6.92 Å². The molecule has 1 saturated carbocycles. The van der Waals surface area contributed by atoms with Gasteiger partial charge in [0.15, 0.2) is 0 Å². The Labute approximate surface area is 118 Å². The van der Waals surface area contributed by atoms with Crippen molar-refractivity contribution in [1.29, 1.82) is 0 Å². The van der Waals surface area contributed by atoms with Crippen molar-refractivity contribution in [3.63, 3.8) is 0 Å². The molecule has 1 fully saturated rings. The fraction of sp³-hybridized carbons (Fsp3) is 0.600. The minimum absolute atomic E-state index is 0.221. The van der Waals surface area contributed by atoms with Crippen LogP contribution in [-0.2, 0) is 11.2 Å². The normalized spacial score (nSPS) is 19.2. The van der Waals surface area contributed by atoms with Gasteiger partial charge in [0, 0.05) is 6.61 Å². The van der Waals surface area contributed by atoms with Gasteiger partial charge in [0.05, 0.1) is 11.6 Å². The van der Waals surface area contributed by atoms with E-state index in [0.717, 1.165) is 37.8 Å². The molecular formula is C15H22F2N2O. The maximum absolute atomic E-state index is 13.8. The quantitative estimate of drug-likeness (QED) is 0.623. The molecule has 20 heavy (non-hydrogen) atoms. The Kier molecular flexibility index (Phi) is 5.07. The Bertz CT molecular complexity index is 447. The summed E-state index contributed by atoms with van der Waals surface area (Å²) >= 11 is 0. The summed E-state index contributed by atoms with van der Waals surface area (Å²) in [6.07, 6.45) is 4.26. The van der Waals surface area contributed by atoms with Crippen molar-refractivity contribution in [2.45, 2.75) is 50.7 Å². The summed E-state index contributed by atoms with van der Waals surface area (Å²) in [6, 6.07) is 3.28. The first kappa shape index (κ1) is 15.4. The number of ether oxygens (including phenoxy) is 1. The Morgan fingerprint density at radius 3 is 2.65 bits per heavy atom. The molecule has 1 atom stereocenters. The summed E-state index contributed by atoms with van der Waals surface area (Å²) < 4.78 is 33.0. The summed E-state index contributed by atoms with van der Waals surface area (Å²) in [5.41, 5.74) is 2.71. The van der Waals surface area contributed by atoms with Gasteiger partial charge >= 0.3 is 0 Å². The molecule has 0 spiro atoms. The number of nitrogens with two attached hydrogens (primary N) is 1. The van der Waals surface area contributed by atoms with Crippen LogP contribution >= 0.6 is 0 Å². The molecule has 3 N–H and O–H groups in total. The first-order chi connectivity index (χ1) is 9.61. The van der Waals surface area contributed by atoms with Gasteiger partial charge in [0.25, 0.3) is 0 Å². The lowest BCUT2D eigenvalue weighted by atomic mass is 9.87. The average molecular weight is 284 g/mol. The molecule has 1 aliphatic carbocycles. The molecule has 0 amide bonds. The topological polar surface area (TPSA) is 47.3 Å². The first-order valence-electron chi connectivity index (χ1n) is 7.15. The molecule has 0 aliphatic heterocycles. The zero-order valence-electron chi connectivity index (χ0n) is 11.8. The highest BCUT2D eigenvalue weighted by atomic mass is 19.1. The van der Waals surface area contributed by atoms with Crippen LogP contribution in [0.5, 0.6) is 0 Å². The van der Waals surface area contributed by atoms with E-state index < -0.39 is 11.6 Å². The molecule has 112 valence electrons. The molecule has 1 aliphatic rings. The maximum Gasteiger partial charge on any atom is 0.126 e. The van der Waals surface area contributed by atoms with Crippen LogP contribution in [0.15, 0.2) is 18.2 Å². The molecular weight excluding hydrogens is 262 g/mol. The van der Waals surface area contributed by atoms with Gasteiger partial charge in [-0.1, -0.05) is 12.8 Å². The molecule has 0 heterocycles. The number of rotatable bonds is 6. The van der Waals surface area contributed by atoms with Crippen molar-refractivity contribution < 1.29 is 13.5 Å². The third-order valence-electron chi connectivity index (χ3n) is 4.15. The van der Waals surface area contributed by atoms with Crippen molar-refractivity contribution in [2.75, 3.05) is 6.61 Å². The molecule has 0 aromatic heterocycles. The fourth-order valence-electron chi connectivity index (χ4n) is 3.17. The molecule has 1 aromatic carbocycles. The van der Waals surface area contributed by atoms with E-state index >= 15 is 0 Å². The van der Waals surface area contributed by atoms with Gasteiger partial charge in [-0.05, 0) is 49.9 Å². The van der Waals surface area contributed by atoms with Gasteiger partial charge in [-0.2, -0.15) is 0 Å². The number of benzene rings is 1. The highest BCUT2D eigenvalue weighted by Crippen LogP contribution is 2.37. The fourth-order valence-corrected chi connectivity index (χ4v) is 3.17. The predicted octanol–water partition coefficient (Wildman–Crippen LogP) is 2.69. The second-order valence-corrected chi connectivity index (χ2v) is 5.36. The molecule has 0 radical (unpaired) electrons. The van der Waals surface area contributed by atoms with Gasteiger partial charge in [0.1, 0.15) is 11.6 Å². The lowest BCUT2D eigenvalue weighted by Gasteiger charge is -2.37. The van der Waals surface area contributed by atoms with Gasteiger partial charge in [0.2, 0.25) is 0 Å². The highest BCUT2D eigenvalue weighted by Gasteiger charge is 2.42. The Balaban J connectivity index is 2.21. The molecule has 0 saturated heterocycles. The molecule has 2 rings (SSSR count). The number of halogens is 2. The van der Waals surface area contributed by atoms with Crippen LogP contribution < -0.4 is 11.3 Å². The Morgan fingerprint density at radius 2 is 2.05 bits per heavy atom. The van der Waals surface area contributed by atoms with Gasteiger partial charge < -0.3 is 4.74 Å². The van der Waals surface area contributed by atoms with E-state index in [-0.39, 0.29) is 11.6 Å². The van der Waals surface area contributed by atoms with Crippen LogP contribution in [0.4, 0.5) is 8.78 Å². The number of hydrogen-bond acceptors (Lipinski definition) is 3. The van der Waals surface area contributed by atoms with Crippen molar-refractivity contribution in [3.05, 3.63) is 35.4 Å². The maximum atomic E-state index is 13.8. The summed E-state index contributed by atoms with van der Waals surface area (Å²) in [5, 5.41) is 0. The van der Waals surface area contributed by atoms with Crippen LogP contribution in [0.2, 0.25) is 0 Å². The summed E-state index contributed by atoms with van der Waals surface area (Å²) in [7, 11) is 0. The number of hydrogen-bond donors (Lipinski definition) is 2. The van der Waals surface area contributed by atoms with E-state index in [0.29, 0.717) is 18.6 Å². The molecule has 1 aromatic rings. The smallest absolute Gasteiger partial charge is 0.126 e. The predicted molar refractivity (Wildman–Crippen MR) is 74.0 cm³/mol. The molecule has 0 bridgehead atoms. The van der Waals surface area contributed by atoms with E-state index in [4.69, 9.17) is 10.6 Å². The van der Waals surface area contributed by atoms with E-state index in [2.05, 4.69) is 5.43 Å². The third-order valence-corrected chi connectivity index (χ3v) is 4.15. The van der Waals surface area contributed by atoms with Crippen molar-refractivity contribution in [2.24, 2.45) is 5.84 Å². The zero-order chi connectivity index (χ0) is 14.6. The van der Waals surface area contributed by atoms with E-state index in [9.17, 15) is 8.78 Å². The summed E-state index contributed by atoms with van der Waals surface area (Å²) in [6.45, 7) is 2.53. The van der Waals surface area contributed by atoms with E-state index in [1.54, 1.807) is 0 Å². The van der Waals surface area contributed by atoms with Crippen LogP contribution in [0.3, 0.4) is 0 Å². The lowest BCUT2D eigenvalue weighted by molar-refractivity contribution is -0.0614. The summed E-state index contributed by atoms with van der Waals surface area (Å²) in [5.74, 6) is 4.82. The first-order valence-corrected chi connectivity index (χ1v) is 7.15.